The molecule has 0 saturated heterocycles. The van der Waals surface area contributed by atoms with Crippen molar-refractivity contribution in [2.75, 3.05) is 85.8 Å². The van der Waals surface area contributed by atoms with Crippen LogP contribution in [0.25, 0.3) is 0 Å². The summed E-state index contributed by atoms with van der Waals surface area (Å²) in [7, 11) is 0. The predicted octanol–water partition coefficient (Wildman–Crippen LogP) is 2.01. The van der Waals surface area contributed by atoms with E-state index in [-0.39, 0.29) is 51.3 Å². The molecule has 288 valence electrons. The number of amides is 2. The Labute approximate surface area is 303 Å². The van der Waals surface area contributed by atoms with Gasteiger partial charge in [-0.1, -0.05) is 48.5 Å². The molecule has 0 aliphatic heterocycles. The summed E-state index contributed by atoms with van der Waals surface area (Å²) in [5.41, 5.74) is 0.768. The van der Waals surface area contributed by atoms with Gasteiger partial charge >= 0.3 is 17.9 Å². The third kappa shape index (κ3) is 21.0. The van der Waals surface area contributed by atoms with Crippen molar-refractivity contribution >= 4 is 29.7 Å². The SMILES string of the molecule is O=C(O)CCOCCOCCOCCOCCOCCOCCNC(=O)CCCC(=O)O[C@@H](C(=O)O)[C@@H](NC(=O)c1ccccc1)c1ccccc1. The van der Waals surface area contributed by atoms with Crippen molar-refractivity contribution < 1.29 is 67.3 Å². The molecule has 2 rings (SSSR count). The van der Waals surface area contributed by atoms with E-state index < -0.39 is 36.0 Å². The van der Waals surface area contributed by atoms with Crippen LogP contribution in [0.4, 0.5) is 0 Å². The molecule has 4 N–H and O–H groups in total. The highest BCUT2D eigenvalue weighted by Gasteiger charge is 2.34. The van der Waals surface area contributed by atoms with Gasteiger partial charge in [-0.25, -0.2) is 4.79 Å². The number of carbonyl (C=O) groups excluding carboxylic acids is 3. The van der Waals surface area contributed by atoms with E-state index >= 15 is 0 Å². The molecule has 0 radical (unpaired) electrons. The van der Waals surface area contributed by atoms with E-state index in [0.717, 1.165) is 0 Å². The Morgan fingerprint density at radius 2 is 1.06 bits per heavy atom. The number of rotatable bonds is 31. The van der Waals surface area contributed by atoms with E-state index in [4.69, 9.17) is 38.3 Å². The van der Waals surface area contributed by atoms with Crippen LogP contribution in [0.5, 0.6) is 0 Å². The fraction of sp³-hybridized carbons (Fsp3) is 0.528. The number of hydrogen-bond acceptors (Lipinski definition) is 12. The molecule has 2 aromatic carbocycles. The van der Waals surface area contributed by atoms with Crippen LogP contribution in [0, 0.1) is 0 Å². The molecule has 0 aliphatic carbocycles. The second-order valence-corrected chi connectivity index (χ2v) is 11.0. The first kappa shape index (κ1) is 43.7. The van der Waals surface area contributed by atoms with Gasteiger partial charge < -0.3 is 54.0 Å². The van der Waals surface area contributed by atoms with Crippen molar-refractivity contribution in [2.24, 2.45) is 0 Å². The van der Waals surface area contributed by atoms with Gasteiger partial charge in [0.25, 0.3) is 5.91 Å². The molecule has 52 heavy (non-hydrogen) atoms. The Bertz CT molecular complexity index is 1300. The summed E-state index contributed by atoms with van der Waals surface area (Å²) in [6.07, 6.45) is -1.76. The monoisotopic (exact) mass is 734 g/mol. The molecular weight excluding hydrogens is 684 g/mol. The maximum absolute atomic E-state index is 12.9. The summed E-state index contributed by atoms with van der Waals surface area (Å²) < 4.78 is 37.4. The van der Waals surface area contributed by atoms with Crippen molar-refractivity contribution in [3.8, 4) is 0 Å². The minimum absolute atomic E-state index is 0.0225. The van der Waals surface area contributed by atoms with Crippen LogP contribution in [0.15, 0.2) is 60.7 Å². The maximum Gasteiger partial charge on any atom is 0.347 e. The third-order valence-electron chi connectivity index (χ3n) is 6.96. The fourth-order valence-electron chi connectivity index (χ4n) is 4.38. The van der Waals surface area contributed by atoms with Crippen LogP contribution in [0.3, 0.4) is 0 Å². The number of carboxylic acid groups (broad SMARTS) is 2. The number of aliphatic carboxylic acids is 2. The molecule has 2 atom stereocenters. The highest BCUT2D eigenvalue weighted by atomic mass is 16.6. The lowest BCUT2D eigenvalue weighted by molar-refractivity contribution is -0.166. The first-order valence-corrected chi connectivity index (χ1v) is 17.1. The van der Waals surface area contributed by atoms with Crippen molar-refractivity contribution in [3.63, 3.8) is 0 Å². The molecule has 2 amide bonds. The number of hydrogen-bond donors (Lipinski definition) is 4. The van der Waals surface area contributed by atoms with Crippen molar-refractivity contribution in [1.82, 2.24) is 10.6 Å². The number of ether oxygens (including phenoxy) is 7. The van der Waals surface area contributed by atoms with Crippen LogP contribution in [-0.4, -0.2) is 132 Å². The first-order chi connectivity index (χ1) is 25.3. The molecule has 0 aliphatic rings. The fourth-order valence-corrected chi connectivity index (χ4v) is 4.38. The van der Waals surface area contributed by atoms with E-state index in [0.29, 0.717) is 77.2 Å². The minimum atomic E-state index is -1.69. The van der Waals surface area contributed by atoms with Crippen molar-refractivity contribution in [3.05, 3.63) is 71.8 Å². The highest BCUT2D eigenvalue weighted by Crippen LogP contribution is 2.22. The largest absolute Gasteiger partial charge is 0.481 e. The zero-order valence-electron chi connectivity index (χ0n) is 29.2. The normalized spacial score (nSPS) is 12.1. The van der Waals surface area contributed by atoms with E-state index in [1.54, 1.807) is 60.7 Å². The lowest BCUT2D eigenvalue weighted by atomic mass is 10.0. The zero-order chi connectivity index (χ0) is 37.7. The average Bonchev–Trinajstić information content (AvgIpc) is 3.14. The van der Waals surface area contributed by atoms with Crippen LogP contribution in [0.1, 0.15) is 47.6 Å². The van der Waals surface area contributed by atoms with E-state index in [1.807, 2.05) is 0 Å². The second-order valence-electron chi connectivity index (χ2n) is 11.0. The summed E-state index contributed by atoms with van der Waals surface area (Å²) in [5.74, 6) is -3.96. The van der Waals surface area contributed by atoms with Gasteiger partial charge in [0.1, 0.15) is 6.04 Å². The molecule has 16 nitrogen and oxygen atoms in total. The van der Waals surface area contributed by atoms with Crippen LogP contribution < -0.4 is 10.6 Å². The summed E-state index contributed by atoms with van der Waals surface area (Å²) >= 11 is 0. The summed E-state index contributed by atoms with van der Waals surface area (Å²) in [6, 6.07) is 15.5. The molecule has 16 heteroatoms. The van der Waals surface area contributed by atoms with E-state index in [2.05, 4.69) is 10.6 Å². The number of carbonyl (C=O) groups is 5. The Balaban J connectivity index is 1.48. The van der Waals surface area contributed by atoms with Gasteiger partial charge in [-0.3, -0.25) is 19.2 Å². The molecule has 0 saturated carbocycles. The summed E-state index contributed by atoms with van der Waals surface area (Å²) in [6.45, 7) is 4.48. The molecule has 0 bridgehead atoms. The standard InChI is InChI=1S/C36H50N2O14/c39-30(37-15-17-47-19-21-49-23-25-51-27-26-50-24-22-48-20-18-46-16-14-31(40)41)12-7-13-32(42)52-34(36(44)45)33(28-8-3-1-4-9-28)38-35(43)29-10-5-2-6-11-29/h1-6,8-11,33-34H,7,12-27H2,(H,37,39)(H,38,43)(H,40,41)(H,44,45)/t33-,34+/m0/s1. The van der Waals surface area contributed by atoms with Gasteiger partial charge in [-0.2, -0.15) is 0 Å². The molecule has 0 unspecified atom stereocenters. The Hall–Kier alpha value is -4.45. The second kappa shape index (κ2) is 28.2. The Kier molecular flexibility index (Phi) is 23.7. The van der Waals surface area contributed by atoms with Gasteiger partial charge in [0.05, 0.1) is 85.7 Å². The zero-order valence-corrected chi connectivity index (χ0v) is 29.2. The number of esters is 1. The summed E-state index contributed by atoms with van der Waals surface area (Å²) in [5, 5.41) is 23.8. The lowest BCUT2D eigenvalue weighted by Crippen LogP contribution is -2.43. The van der Waals surface area contributed by atoms with Crippen LogP contribution in [-0.2, 0) is 52.3 Å². The number of carboxylic acids is 2. The number of benzene rings is 2. The Morgan fingerprint density at radius 1 is 0.577 bits per heavy atom. The minimum Gasteiger partial charge on any atom is -0.481 e. The highest BCUT2D eigenvalue weighted by molar-refractivity contribution is 5.95. The predicted molar refractivity (Wildman–Crippen MR) is 185 cm³/mol. The van der Waals surface area contributed by atoms with Crippen molar-refractivity contribution in [2.45, 2.75) is 37.8 Å². The topological polar surface area (TPSA) is 214 Å². The molecule has 0 fully saturated rings. The Morgan fingerprint density at radius 3 is 1.56 bits per heavy atom. The van der Waals surface area contributed by atoms with Crippen molar-refractivity contribution in [1.29, 1.82) is 0 Å². The van der Waals surface area contributed by atoms with Gasteiger partial charge in [-0.15, -0.1) is 0 Å². The average molecular weight is 735 g/mol. The summed E-state index contributed by atoms with van der Waals surface area (Å²) in [4.78, 5) is 60.2. The van der Waals surface area contributed by atoms with E-state index in [9.17, 15) is 29.1 Å². The molecule has 0 aromatic heterocycles. The van der Waals surface area contributed by atoms with Gasteiger partial charge in [-0.05, 0) is 24.1 Å². The van der Waals surface area contributed by atoms with Crippen LogP contribution in [0.2, 0.25) is 0 Å². The molecular formula is C36H50N2O14. The third-order valence-corrected chi connectivity index (χ3v) is 6.96. The quantitative estimate of drug-likeness (QED) is 0.0645. The molecule has 0 heterocycles. The first-order valence-electron chi connectivity index (χ1n) is 17.1. The van der Waals surface area contributed by atoms with Gasteiger partial charge in [0, 0.05) is 24.9 Å². The van der Waals surface area contributed by atoms with E-state index in [1.165, 1.54) is 0 Å². The van der Waals surface area contributed by atoms with Crippen LogP contribution >= 0.6 is 0 Å². The lowest BCUT2D eigenvalue weighted by Gasteiger charge is -2.25. The van der Waals surface area contributed by atoms with Gasteiger partial charge in [0.2, 0.25) is 12.0 Å². The smallest absolute Gasteiger partial charge is 0.347 e. The molecule has 2 aromatic rings. The van der Waals surface area contributed by atoms with Gasteiger partial charge in [0.15, 0.2) is 0 Å². The molecule has 0 spiro atoms. The maximum atomic E-state index is 12.9. The number of nitrogens with one attached hydrogen (secondary N) is 2.